The molecule has 0 bridgehead atoms. The lowest BCUT2D eigenvalue weighted by molar-refractivity contribution is -0.120. The van der Waals surface area contributed by atoms with Crippen LogP contribution < -0.4 is 0 Å². The second-order valence-corrected chi connectivity index (χ2v) is 4.19. The third-order valence-electron chi connectivity index (χ3n) is 2.25. The second-order valence-electron chi connectivity index (χ2n) is 4.19. The summed E-state index contributed by atoms with van der Waals surface area (Å²) in [4.78, 5) is 11.3. The predicted molar refractivity (Wildman–Crippen MR) is 53.2 cm³/mol. The maximum Gasteiger partial charge on any atom is 0.133 e. The zero-order valence-corrected chi connectivity index (χ0v) is 8.89. The van der Waals surface area contributed by atoms with E-state index in [-0.39, 0.29) is 0 Å². The van der Waals surface area contributed by atoms with Crippen molar-refractivity contribution in [3.8, 4) is 0 Å². The highest BCUT2D eigenvalue weighted by Crippen LogP contribution is 2.12. The van der Waals surface area contributed by atoms with Gasteiger partial charge in [-0.05, 0) is 18.3 Å². The Morgan fingerprint density at radius 2 is 1.83 bits per heavy atom. The Bertz CT molecular complexity index is 127. The zero-order chi connectivity index (χ0) is 9.56. The van der Waals surface area contributed by atoms with Crippen molar-refractivity contribution in [2.24, 2.45) is 11.8 Å². The molecule has 1 atom stereocenters. The smallest absolute Gasteiger partial charge is 0.133 e. The van der Waals surface area contributed by atoms with Crippen molar-refractivity contribution in [3.63, 3.8) is 0 Å². The Balaban J connectivity index is 3.44. The Hall–Kier alpha value is -0.330. The van der Waals surface area contributed by atoms with Crippen molar-refractivity contribution in [1.82, 2.24) is 0 Å². The summed E-state index contributed by atoms with van der Waals surface area (Å²) in [7, 11) is 0. The van der Waals surface area contributed by atoms with Crippen LogP contribution in [-0.2, 0) is 4.79 Å². The summed E-state index contributed by atoms with van der Waals surface area (Å²) in [5.74, 6) is 1.67. The number of carbonyl (C=O) groups is 1. The van der Waals surface area contributed by atoms with Gasteiger partial charge in [-0.3, -0.25) is 4.79 Å². The number of rotatable bonds is 6. The number of hydrogen-bond acceptors (Lipinski definition) is 1. The van der Waals surface area contributed by atoms with Gasteiger partial charge in [0.25, 0.3) is 0 Å². The summed E-state index contributed by atoms with van der Waals surface area (Å²) in [6.07, 6.45) is 3.81. The van der Waals surface area contributed by atoms with Crippen LogP contribution in [0.5, 0.6) is 0 Å². The second kappa shape index (κ2) is 6.22. The molecule has 0 aromatic carbocycles. The van der Waals surface area contributed by atoms with Crippen LogP contribution in [0.4, 0.5) is 0 Å². The first-order chi connectivity index (χ1) is 5.56. The molecule has 0 saturated carbocycles. The molecule has 1 heteroatoms. The van der Waals surface area contributed by atoms with E-state index in [0.29, 0.717) is 17.6 Å². The lowest BCUT2D eigenvalue weighted by atomic mass is 9.97. The molecule has 12 heavy (non-hydrogen) atoms. The highest BCUT2D eigenvalue weighted by molar-refractivity contribution is 5.78. The Kier molecular flexibility index (Phi) is 6.04. The Morgan fingerprint density at radius 3 is 2.25 bits per heavy atom. The van der Waals surface area contributed by atoms with E-state index >= 15 is 0 Å². The van der Waals surface area contributed by atoms with Crippen molar-refractivity contribution in [2.45, 2.75) is 53.4 Å². The van der Waals surface area contributed by atoms with Gasteiger partial charge in [-0.25, -0.2) is 0 Å². The highest BCUT2D eigenvalue weighted by Gasteiger charge is 2.06. The summed E-state index contributed by atoms with van der Waals surface area (Å²) in [6.45, 7) is 8.59. The van der Waals surface area contributed by atoms with Gasteiger partial charge in [0.1, 0.15) is 5.78 Å². The molecule has 0 saturated heterocycles. The van der Waals surface area contributed by atoms with Gasteiger partial charge in [0, 0.05) is 12.8 Å². The summed E-state index contributed by atoms with van der Waals surface area (Å²) in [5, 5.41) is 0. The van der Waals surface area contributed by atoms with Crippen molar-refractivity contribution >= 4 is 5.78 Å². The van der Waals surface area contributed by atoms with E-state index in [1.165, 1.54) is 6.42 Å². The van der Waals surface area contributed by atoms with Gasteiger partial charge >= 0.3 is 0 Å². The van der Waals surface area contributed by atoms with Crippen molar-refractivity contribution in [2.75, 3.05) is 0 Å². The third kappa shape index (κ3) is 6.38. The van der Waals surface area contributed by atoms with E-state index in [2.05, 4.69) is 27.7 Å². The molecule has 0 radical (unpaired) electrons. The highest BCUT2D eigenvalue weighted by atomic mass is 16.1. The normalized spacial score (nSPS) is 13.4. The molecule has 0 heterocycles. The van der Waals surface area contributed by atoms with Gasteiger partial charge in [-0.2, -0.15) is 0 Å². The molecular formula is C11H22O. The van der Waals surface area contributed by atoms with E-state index in [9.17, 15) is 4.79 Å². The average molecular weight is 170 g/mol. The van der Waals surface area contributed by atoms with Gasteiger partial charge in [0.2, 0.25) is 0 Å². The third-order valence-corrected chi connectivity index (χ3v) is 2.25. The molecule has 72 valence electrons. The zero-order valence-electron chi connectivity index (χ0n) is 8.89. The first-order valence-corrected chi connectivity index (χ1v) is 5.08. The number of hydrogen-bond donors (Lipinski definition) is 0. The molecule has 0 spiro atoms. The Morgan fingerprint density at radius 1 is 1.25 bits per heavy atom. The fourth-order valence-electron chi connectivity index (χ4n) is 1.17. The maximum absolute atomic E-state index is 11.3. The van der Waals surface area contributed by atoms with E-state index in [0.717, 1.165) is 19.3 Å². The van der Waals surface area contributed by atoms with E-state index in [1.54, 1.807) is 0 Å². The molecule has 0 N–H and O–H groups in total. The molecule has 0 aromatic heterocycles. The summed E-state index contributed by atoms with van der Waals surface area (Å²) >= 11 is 0. The van der Waals surface area contributed by atoms with Crippen molar-refractivity contribution in [3.05, 3.63) is 0 Å². The minimum Gasteiger partial charge on any atom is -0.300 e. The minimum atomic E-state index is 0.435. The van der Waals surface area contributed by atoms with Crippen LogP contribution >= 0.6 is 0 Å². The molecule has 0 aromatic rings. The standard InChI is InChI=1S/C11H22O/c1-5-10(4)6-7-11(12)8-9(2)3/h9-10H,5-8H2,1-4H3/t10-/m0/s1. The predicted octanol–water partition coefficient (Wildman–Crippen LogP) is 3.43. The lowest BCUT2D eigenvalue weighted by Gasteiger charge is -2.07. The number of Topliss-reactive ketones (excluding diaryl/α,β-unsaturated/α-hetero) is 1. The fourth-order valence-corrected chi connectivity index (χ4v) is 1.17. The molecule has 1 nitrogen and oxygen atoms in total. The van der Waals surface area contributed by atoms with Crippen LogP contribution in [0.2, 0.25) is 0 Å². The molecule has 0 amide bonds. The largest absolute Gasteiger partial charge is 0.300 e. The van der Waals surface area contributed by atoms with Gasteiger partial charge in [-0.15, -0.1) is 0 Å². The number of carbonyl (C=O) groups excluding carboxylic acids is 1. The molecule has 0 aliphatic rings. The topological polar surface area (TPSA) is 17.1 Å². The first kappa shape index (κ1) is 11.7. The van der Waals surface area contributed by atoms with Crippen LogP contribution in [0.25, 0.3) is 0 Å². The molecule has 0 rings (SSSR count). The number of ketones is 1. The van der Waals surface area contributed by atoms with Gasteiger partial charge in [-0.1, -0.05) is 34.1 Å². The molecule has 0 fully saturated rings. The summed E-state index contributed by atoms with van der Waals surface area (Å²) < 4.78 is 0. The van der Waals surface area contributed by atoms with E-state index < -0.39 is 0 Å². The maximum atomic E-state index is 11.3. The molecule has 0 unspecified atom stereocenters. The average Bonchev–Trinajstić information content (AvgIpc) is 1.99. The van der Waals surface area contributed by atoms with Gasteiger partial charge in [0.05, 0.1) is 0 Å². The van der Waals surface area contributed by atoms with Crippen LogP contribution in [0, 0.1) is 11.8 Å². The molecular weight excluding hydrogens is 148 g/mol. The van der Waals surface area contributed by atoms with Crippen LogP contribution in [-0.4, -0.2) is 5.78 Å². The monoisotopic (exact) mass is 170 g/mol. The first-order valence-electron chi connectivity index (χ1n) is 5.08. The van der Waals surface area contributed by atoms with Crippen LogP contribution in [0.3, 0.4) is 0 Å². The van der Waals surface area contributed by atoms with Crippen LogP contribution in [0.15, 0.2) is 0 Å². The summed E-state index contributed by atoms with van der Waals surface area (Å²) in [5.41, 5.74) is 0. The van der Waals surface area contributed by atoms with Crippen molar-refractivity contribution in [1.29, 1.82) is 0 Å². The van der Waals surface area contributed by atoms with Gasteiger partial charge in [0.15, 0.2) is 0 Å². The minimum absolute atomic E-state index is 0.435. The van der Waals surface area contributed by atoms with Crippen molar-refractivity contribution < 1.29 is 4.79 Å². The quantitative estimate of drug-likeness (QED) is 0.597. The van der Waals surface area contributed by atoms with E-state index in [1.807, 2.05) is 0 Å². The van der Waals surface area contributed by atoms with Gasteiger partial charge < -0.3 is 0 Å². The molecule has 0 aliphatic carbocycles. The SMILES string of the molecule is CC[C@H](C)CCC(=O)CC(C)C. The Labute approximate surface area is 76.6 Å². The molecule has 0 aliphatic heterocycles. The lowest BCUT2D eigenvalue weighted by Crippen LogP contribution is -2.04. The fraction of sp³-hybridized carbons (Fsp3) is 0.909. The van der Waals surface area contributed by atoms with E-state index in [4.69, 9.17) is 0 Å². The summed E-state index contributed by atoms with van der Waals surface area (Å²) in [6, 6.07) is 0. The van der Waals surface area contributed by atoms with Crippen LogP contribution in [0.1, 0.15) is 53.4 Å².